The van der Waals surface area contributed by atoms with Gasteiger partial charge in [0.25, 0.3) is 26.8 Å². The van der Waals surface area contributed by atoms with Crippen LogP contribution in [0.3, 0.4) is 0 Å². The van der Waals surface area contributed by atoms with Gasteiger partial charge in [-0.3, -0.25) is 37.8 Å². The zero-order valence-electron chi connectivity index (χ0n) is 22.3. The minimum atomic E-state index is -5.65. The lowest BCUT2D eigenvalue weighted by Gasteiger charge is -2.32. The van der Waals surface area contributed by atoms with Crippen molar-refractivity contribution in [2.45, 2.75) is 63.6 Å². The highest BCUT2D eigenvalue weighted by molar-refractivity contribution is 7.71. The number of hydrogen-bond acceptors (Lipinski definition) is 14. The third kappa shape index (κ3) is 8.03. The van der Waals surface area contributed by atoms with Crippen LogP contribution >= 0.6 is 27.9 Å². The first-order valence-corrected chi connectivity index (χ1v) is 15.7. The second-order valence-corrected chi connectivity index (χ2v) is 12.9. The van der Waals surface area contributed by atoms with E-state index in [-0.39, 0.29) is 28.7 Å². The van der Waals surface area contributed by atoms with Gasteiger partial charge in [-0.1, -0.05) is 5.11 Å². The van der Waals surface area contributed by atoms with E-state index in [1.165, 1.54) is 30.8 Å². The van der Waals surface area contributed by atoms with Crippen LogP contribution in [0.4, 0.5) is 4.39 Å². The normalized spacial score (nSPS) is 28.2. The number of nitrogens with one attached hydrogen (secondary N) is 2. The van der Waals surface area contributed by atoms with Gasteiger partial charge < -0.3 is 28.3 Å². The number of azide groups is 1. The molecule has 19 nitrogen and oxygen atoms in total. The van der Waals surface area contributed by atoms with E-state index in [9.17, 15) is 37.7 Å². The highest BCUT2D eigenvalue weighted by atomic mass is 32.1. The van der Waals surface area contributed by atoms with Gasteiger partial charge in [0.05, 0.1) is 25.4 Å². The van der Waals surface area contributed by atoms with Crippen molar-refractivity contribution in [3.05, 3.63) is 69.9 Å². The molecule has 0 aliphatic carbocycles. The smallest absolute Gasteiger partial charge is 0.330 e. The van der Waals surface area contributed by atoms with Crippen LogP contribution < -0.4 is 26.6 Å². The average molecular weight is 667 g/mol. The van der Waals surface area contributed by atoms with Crippen molar-refractivity contribution in [2.75, 3.05) is 13.2 Å². The van der Waals surface area contributed by atoms with Crippen LogP contribution in [0.1, 0.15) is 36.4 Å². The molecule has 2 aromatic heterocycles. The third-order valence-corrected chi connectivity index (χ3v) is 9.32. The van der Waals surface area contributed by atoms with Crippen LogP contribution in [0.25, 0.3) is 10.4 Å². The summed E-state index contributed by atoms with van der Waals surface area (Å²) in [5, 5.41) is 3.49. The summed E-state index contributed by atoms with van der Waals surface area (Å²) in [5.74, 6) is 0. The maximum Gasteiger partial charge on any atom is 0.330 e. The number of alkyl halides is 1. The van der Waals surface area contributed by atoms with Crippen molar-refractivity contribution in [2.24, 2.45) is 5.11 Å². The molecule has 3 unspecified atom stereocenters. The number of phosphoric ester groups is 2. The van der Waals surface area contributed by atoms with Gasteiger partial charge in [0.1, 0.15) is 24.7 Å². The lowest BCUT2D eigenvalue weighted by atomic mass is 10.1. The van der Waals surface area contributed by atoms with Gasteiger partial charge in [-0.05, 0) is 31.6 Å². The largest absolute Gasteiger partial charge is 0.756 e. The van der Waals surface area contributed by atoms with Gasteiger partial charge in [0.15, 0.2) is 4.77 Å². The molecule has 236 valence electrons. The first kappa shape index (κ1) is 33.1. The monoisotopic (exact) mass is 667 g/mol. The predicted octanol–water partition coefficient (Wildman–Crippen LogP) is 0.652. The van der Waals surface area contributed by atoms with E-state index in [0.29, 0.717) is 0 Å². The zero-order chi connectivity index (χ0) is 31.7. The second kappa shape index (κ2) is 13.1. The summed E-state index contributed by atoms with van der Waals surface area (Å²) in [4.78, 5) is 67.1. The summed E-state index contributed by atoms with van der Waals surface area (Å²) < 4.78 is 65.5. The summed E-state index contributed by atoms with van der Waals surface area (Å²) in [7, 11) is -11.3. The fourth-order valence-electron chi connectivity index (χ4n) is 4.33. The molecule has 0 bridgehead atoms. The third-order valence-electron chi connectivity index (χ3n) is 6.47. The summed E-state index contributed by atoms with van der Waals surface area (Å²) in [5.41, 5.74) is 7.37. The molecule has 4 heterocycles. The lowest BCUT2D eigenvalue weighted by Crippen LogP contribution is -2.33. The molecule has 2 saturated heterocycles. The van der Waals surface area contributed by atoms with Crippen molar-refractivity contribution in [3.8, 4) is 0 Å². The van der Waals surface area contributed by atoms with E-state index in [1.807, 2.05) is 0 Å². The Morgan fingerprint density at radius 3 is 2.19 bits per heavy atom. The van der Waals surface area contributed by atoms with Crippen LogP contribution in [-0.4, -0.2) is 56.7 Å². The number of nitrogens with zero attached hydrogens (tertiary/aromatic N) is 5. The summed E-state index contributed by atoms with van der Waals surface area (Å²) >= 11 is 5.05. The molecular formula is C20H24FN7O12P2S-2. The summed E-state index contributed by atoms with van der Waals surface area (Å²) in [6, 6.07) is -1.06. The number of aryl methyl sites for hydroxylation is 2. The van der Waals surface area contributed by atoms with Crippen LogP contribution in [0.15, 0.2) is 31.9 Å². The molecule has 2 aliphatic rings. The second-order valence-electron chi connectivity index (χ2n) is 9.54. The van der Waals surface area contributed by atoms with Gasteiger partial charge in [-0.15, -0.1) is 0 Å². The molecule has 0 amide bonds. The van der Waals surface area contributed by atoms with Crippen molar-refractivity contribution >= 4 is 27.9 Å². The highest BCUT2D eigenvalue weighted by Gasteiger charge is 2.39. The van der Waals surface area contributed by atoms with Gasteiger partial charge in [-0.2, -0.15) is 0 Å². The van der Waals surface area contributed by atoms with E-state index < -0.39 is 82.5 Å². The number of hydrogen-bond donors (Lipinski definition) is 2. The van der Waals surface area contributed by atoms with Gasteiger partial charge in [0, 0.05) is 41.3 Å². The topological polar surface area (TPSA) is 268 Å². The van der Waals surface area contributed by atoms with Gasteiger partial charge in [0.2, 0.25) is 0 Å². The quantitative estimate of drug-likeness (QED) is 0.110. The van der Waals surface area contributed by atoms with Crippen LogP contribution in [0.5, 0.6) is 0 Å². The van der Waals surface area contributed by atoms with E-state index in [0.717, 1.165) is 4.57 Å². The first-order valence-electron chi connectivity index (χ1n) is 12.3. The number of rotatable bonds is 11. The minimum absolute atomic E-state index is 0.0576. The molecule has 2 fully saturated rings. The van der Waals surface area contributed by atoms with Crippen LogP contribution in [-0.2, 0) is 32.0 Å². The predicted molar refractivity (Wildman–Crippen MR) is 140 cm³/mol. The summed E-state index contributed by atoms with van der Waals surface area (Å²) in [6.07, 6.45) is -4.45. The average Bonchev–Trinajstić information content (AvgIpc) is 3.48. The van der Waals surface area contributed by atoms with Crippen molar-refractivity contribution in [1.29, 1.82) is 0 Å². The Morgan fingerprint density at radius 1 is 1.02 bits per heavy atom. The maximum atomic E-state index is 14.6. The van der Waals surface area contributed by atoms with Crippen molar-refractivity contribution < 1.29 is 46.1 Å². The Morgan fingerprint density at radius 2 is 1.56 bits per heavy atom. The minimum Gasteiger partial charge on any atom is -0.756 e. The number of halogens is 1. The Kier molecular flexibility index (Phi) is 10.0. The fraction of sp³-hybridized carbons (Fsp3) is 0.600. The number of ether oxygens (including phenoxy) is 2. The molecular weight excluding hydrogens is 643 g/mol. The molecule has 4 rings (SSSR count). The highest BCUT2D eigenvalue weighted by Crippen LogP contribution is 2.56. The Labute approximate surface area is 245 Å². The maximum absolute atomic E-state index is 14.6. The van der Waals surface area contributed by atoms with E-state index in [4.69, 9.17) is 27.2 Å². The SMILES string of the molecule is Cc1cn([C@H]2C[C@H](N=[N+]=[N-])[C@@H](COP(=O)([O-])OP(=O)([O-])OCC3O[C@@H](n4cc(C)c(=O)[nH]c4=S)C[C@@H]3F)O2)c(=O)[nH]c1=O. The Balaban J connectivity index is 1.34. The molecule has 23 heteroatoms. The summed E-state index contributed by atoms with van der Waals surface area (Å²) in [6.45, 7) is 1.06. The van der Waals surface area contributed by atoms with Gasteiger partial charge >= 0.3 is 5.69 Å². The molecule has 43 heavy (non-hydrogen) atoms. The van der Waals surface area contributed by atoms with Crippen molar-refractivity contribution in [3.63, 3.8) is 0 Å². The first-order chi connectivity index (χ1) is 20.1. The fourth-order valence-corrected chi connectivity index (χ4v) is 6.61. The molecule has 0 radical (unpaired) electrons. The Hall–Kier alpha value is -2.80. The van der Waals surface area contributed by atoms with E-state index >= 15 is 0 Å². The molecule has 0 spiro atoms. The standard InChI is InChI=1S/C20H26FN7O12P2S/c1-9-5-27(19(31)23-17(9)29)16-4-12(25-26-22)14(39-16)8-37-42(34,35)40-41(32,33)36-7-13-11(21)3-15(38-13)28-6-10(2)18(30)24-20(28)43/h5-6,11-16H,3-4,7-8H2,1-2H3,(H,32,33)(H,34,35)(H,23,29,31)(H,24,30,43)/p-2/t11-,12-,13?,14+,15+,16+/m0/s1. The molecule has 8 atom stereocenters. The molecule has 2 N–H and O–H groups in total. The van der Waals surface area contributed by atoms with E-state index in [1.54, 1.807) is 0 Å². The molecule has 0 saturated carbocycles. The Bertz CT molecular complexity index is 1760. The number of H-pyrrole nitrogens is 2. The molecule has 2 aromatic rings. The number of phosphoric acid groups is 2. The zero-order valence-corrected chi connectivity index (χ0v) is 24.9. The molecule has 0 aromatic carbocycles. The molecule has 2 aliphatic heterocycles. The number of aromatic amines is 2. The van der Waals surface area contributed by atoms with Crippen LogP contribution in [0.2, 0.25) is 0 Å². The van der Waals surface area contributed by atoms with Gasteiger partial charge in [-0.25, -0.2) is 13.5 Å². The van der Waals surface area contributed by atoms with Crippen molar-refractivity contribution in [1.82, 2.24) is 19.1 Å². The van der Waals surface area contributed by atoms with Crippen LogP contribution in [0, 0.1) is 18.6 Å². The number of aromatic nitrogens is 4. The van der Waals surface area contributed by atoms with E-state index in [2.05, 4.69) is 33.4 Å². The lowest BCUT2D eigenvalue weighted by molar-refractivity contribution is -0.246.